The van der Waals surface area contributed by atoms with Crippen LogP contribution < -0.4 is 15.0 Å². The van der Waals surface area contributed by atoms with E-state index < -0.39 is 0 Å². The van der Waals surface area contributed by atoms with E-state index in [-0.39, 0.29) is 17.9 Å². The van der Waals surface area contributed by atoms with E-state index in [4.69, 9.17) is 4.74 Å². The molecule has 2 aromatic rings. The minimum absolute atomic E-state index is 0.00355. The fourth-order valence-corrected chi connectivity index (χ4v) is 3.47. The number of hydrogen-bond acceptors (Lipinski definition) is 3. The predicted molar refractivity (Wildman–Crippen MR) is 109 cm³/mol. The summed E-state index contributed by atoms with van der Waals surface area (Å²) in [5.74, 6) is 1.06. The Labute approximate surface area is 165 Å². The molecule has 1 saturated heterocycles. The predicted octanol–water partition coefficient (Wildman–Crippen LogP) is 3.88. The van der Waals surface area contributed by atoms with E-state index in [1.165, 1.54) is 0 Å². The number of anilines is 2. The summed E-state index contributed by atoms with van der Waals surface area (Å²) >= 11 is 0. The van der Waals surface area contributed by atoms with Crippen LogP contribution in [0.2, 0.25) is 0 Å². The number of nitrogens with zero attached hydrogens (tertiary/aromatic N) is 2. The van der Waals surface area contributed by atoms with Crippen LogP contribution in [0.5, 0.6) is 5.75 Å². The molecule has 0 radical (unpaired) electrons. The normalized spacial score (nSPS) is 16.8. The van der Waals surface area contributed by atoms with Crippen molar-refractivity contribution < 1.29 is 14.3 Å². The maximum Gasteiger partial charge on any atom is 0.324 e. The van der Waals surface area contributed by atoms with Crippen LogP contribution in [0, 0.1) is 5.92 Å². The molecule has 28 heavy (non-hydrogen) atoms. The first-order valence-corrected chi connectivity index (χ1v) is 9.74. The number of carbonyl (C=O) groups excluding carboxylic acids is 2. The second-order valence-corrected chi connectivity index (χ2v) is 7.37. The molecule has 0 bridgehead atoms. The number of nitrogens with one attached hydrogen (secondary N) is 1. The van der Waals surface area contributed by atoms with Gasteiger partial charge >= 0.3 is 6.03 Å². The van der Waals surface area contributed by atoms with E-state index in [0.717, 1.165) is 48.5 Å². The first-order chi connectivity index (χ1) is 13.6. The minimum atomic E-state index is 0.00355. The highest BCUT2D eigenvalue weighted by Crippen LogP contribution is 2.30. The number of carbonyl (C=O) groups is 2. The molecule has 1 heterocycles. The number of ether oxygens (including phenoxy) is 1. The molecule has 2 aliphatic rings. The summed E-state index contributed by atoms with van der Waals surface area (Å²) < 4.78 is 5.27. The smallest absolute Gasteiger partial charge is 0.324 e. The highest BCUT2D eigenvalue weighted by atomic mass is 16.5. The van der Waals surface area contributed by atoms with Crippen LogP contribution in [0.1, 0.15) is 24.8 Å². The van der Waals surface area contributed by atoms with Gasteiger partial charge in [0.25, 0.3) is 0 Å². The van der Waals surface area contributed by atoms with E-state index in [0.29, 0.717) is 13.1 Å². The molecular weight excluding hydrogens is 354 g/mol. The molecule has 3 amide bonds. The molecule has 146 valence electrons. The molecule has 0 unspecified atom stereocenters. The lowest BCUT2D eigenvalue weighted by atomic mass is 10.1. The van der Waals surface area contributed by atoms with E-state index in [9.17, 15) is 9.59 Å². The van der Waals surface area contributed by atoms with Crippen molar-refractivity contribution in [2.45, 2.75) is 25.8 Å². The molecule has 2 fully saturated rings. The Hall–Kier alpha value is -3.02. The maximum atomic E-state index is 13.0. The topological polar surface area (TPSA) is 61.9 Å². The Morgan fingerprint density at radius 2 is 1.93 bits per heavy atom. The van der Waals surface area contributed by atoms with Gasteiger partial charge in [-0.2, -0.15) is 0 Å². The fourth-order valence-electron chi connectivity index (χ4n) is 3.47. The van der Waals surface area contributed by atoms with Gasteiger partial charge in [-0.05, 0) is 61.2 Å². The number of urea groups is 1. The molecule has 1 saturated carbocycles. The van der Waals surface area contributed by atoms with Crippen molar-refractivity contribution in [1.82, 2.24) is 4.90 Å². The van der Waals surface area contributed by atoms with Gasteiger partial charge in [0.1, 0.15) is 5.75 Å². The maximum absolute atomic E-state index is 13.0. The fraction of sp³-hybridized carbons (Fsp3) is 0.364. The third-order valence-corrected chi connectivity index (χ3v) is 5.21. The summed E-state index contributed by atoms with van der Waals surface area (Å²) in [7, 11) is 1.64. The van der Waals surface area contributed by atoms with Gasteiger partial charge in [-0.25, -0.2) is 4.79 Å². The van der Waals surface area contributed by atoms with Crippen LogP contribution in [-0.2, 0) is 11.3 Å². The van der Waals surface area contributed by atoms with E-state index >= 15 is 0 Å². The summed E-state index contributed by atoms with van der Waals surface area (Å²) in [6, 6.07) is 15.3. The summed E-state index contributed by atoms with van der Waals surface area (Å²) in [6.07, 6.45) is 2.88. The zero-order chi connectivity index (χ0) is 19.5. The highest BCUT2D eigenvalue weighted by molar-refractivity contribution is 5.95. The molecule has 0 atom stereocenters. The first kappa shape index (κ1) is 18.3. The average molecular weight is 379 g/mol. The van der Waals surface area contributed by atoms with Crippen molar-refractivity contribution in [3.8, 4) is 5.75 Å². The molecule has 2 aromatic carbocycles. The Kier molecular flexibility index (Phi) is 5.19. The molecule has 0 aromatic heterocycles. The number of amides is 3. The zero-order valence-electron chi connectivity index (χ0n) is 16.1. The van der Waals surface area contributed by atoms with Crippen LogP contribution in [0.15, 0.2) is 48.5 Å². The van der Waals surface area contributed by atoms with Gasteiger partial charge in [0, 0.05) is 36.9 Å². The molecule has 4 rings (SSSR count). The molecule has 6 heteroatoms. The van der Waals surface area contributed by atoms with Gasteiger partial charge < -0.3 is 15.0 Å². The van der Waals surface area contributed by atoms with Crippen LogP contribution in [0.3, 0.4) is 0 Å². The van der Waals surface area contributed by atoms with E-state index in [1.807, 2.05) is 53.4 Å². The van der Waals surface area contributed by atoms with Crippen LogP contribution >= 0.6 is 0 Å². The van der Waals surface area contributed by atoms with Crippen molar-refractivity contribution in [1.29, 1.82) is 0 Å². The third kappa shape index (κ3) is 4.11. The Morgan fingerprint density at radius 1 is 1.14 bits per heavy atom. The largest absolute Gasteiger partial charge is 0.497 e. The molecule has 1 aliphatic heterocycles. The van der Waals surface area contributed by atoms with Gasteiger partial charge in [0.05, 0.1) is 7.11 Å². The van der Waals surface area contributed by atoms with Crippen LogP contribution in [0.4, 0.5) is 16.2 Å². The van der Waals surface area contributed by atoms with Crippen LogP contribution in [-0.4, -0.2) is 37.0 Å². The second kappa shape index (κ2) is 7.92. The van der Waals surface area contributed by atoms with Gasteiger partial charge in [-0.3, -0.25) is 9.69 Å². The molecular formula is C22H25N3O3. The first-order valence-electron chi connectivity index (χ1n) is 9.74. The Morgan fingerprint density at radius 3 is 2.64 bits per heavy atom. The second-order valence-electron chi connectivity index (χ2n) is 7.37. The molecule has 6 nitrogen and oxygen atoms in total. The summed E-state index contributed by atoms with van der Waals surface area (Å²) in [5.41, 5.74) is 2.68. The van der Waals surface area contributed by atoms with Gasteiger partial charge in [-0.15, -0.1) is 0 Å². The standard InChI is InChI=1S/C22H25N3O3/c1-28-20-5-2-4-16(14-20)15-24-12-3-13-25(22(24)27)19-10-8-18(9-11-19)23-21(26)17-6-7-17/h2,4-5,8-11,14,17H,3,6-7,12-13,15H2,1H3,(H,23,26). The van der Waals surface area contributed by atoms with E-state index in [1.54, 1.807) is 12.0 Å². The summed E-state index contributed by atoms with van der Waals surface area (Å²) in [5, 5.41) is 2.93. The SMILES string of the molecule is COc1cccc(CN2CCCN(c3ccc(NC(=O)C4CC4)cc3)C2=O)c1. The molecule has 1 aliphatic carbocycles. The number of rotatable bonds is 6. The Balaban J connectivity index is 1.42. The van der Waals surface area contributed by atoms with Gasteiger partial charge in [0.15, 0.2) is 0 Å². The van der Waals surface area contributed by atoms with Gasteiger partial charge in [-0.1, -0.05) is 12.1 Å². The van der Waals surface area contributed by atoms with Crippen molar-refractivity contribution >= 4 is 23.3 Å². The van der Waals surface area contributed by atoms with Crippen LogP contribution in [0.25, 0.3) is 0 Å². The number of methoxy groups -OCH3 is 1. The highest BCUT2D eigenvalue weighted by Gasteiger charge is 2.30. The monoisotopic (exact) mass is 379 g/mol. The summed E-state index contributed by atoms with van der Waals surface area (Å²) in [4.78, 5) is 28.5. The van der Waals surface area contributed by atoms with Crippen molar-refractivity contribution in [2.24, 2.45) is 5.92 Å². The molecule has 0 spiro atoms. The Bertz CT molecular complexity index is 862. The zero-order valence-corrected chi connectivity index (χ0v) is 16.1. The minimum Gasteiger partial charge on any atom is -0.497 e. The number of hydrogen-bond donors (Lipinski definition) is 1. The van der Waals surface area contributed by atoms with Gasteiger partial charge in [0.2, 0.25) is 5.91 Å². The lowest BCUT2D eigenvalue weighted by Crippen LogP contribution is -2.49. The van der Waals surface area contributed by atoms with Crippen molar-refractivity contribution in [3.63, 3.8) is 0 Å². The average Bonchev–Trinajstić information content (AvgIpc) is 3.56. The van der Waals surface area contributed by atoms with E-state index in [2.05, 4.69) is 5.32 Å². The molecule has 1 N–H and O–H groups in total. The lowest BCUT2D eigenvalue weighted by Gasteiger charge is -2.35. The van der Waals surface area contributed by atoms with Crippen molar-refractivity contribution in [2.75, 3.05) is 30.4 Å². The summed E-state index contributed by atoms with van der Waals surface area (Å²) in [6.45, 7) is 1.99. The van der Waals surface area contributed by atoms with Crippen molar-refractivity contribution in [3.05, 3.63) is 54.1 Å². The third-order valence-electron chi connectivity index (χ3n) is 5.21. The lowest BCUT2D eigenvalue weighted by molar-refractivity contribution is -0.117. The number of benzene rings is 2. The quantitative estimate of drug-likeness (QED) is 0.829.